The molecule has 0 saturated carbocycles. The summed E-state index contributed by atoms with van der Waals surface area (Å²) in [6.45, 7) is 0. The maximum Gasteiger partial charge on any atom is 0.165 e. The molecule has 19 heavy (non-hydrogen) atoms. The Morgan fingerprint density at radius 2 is 1.95 bits per heavy atom. The van der Waals surface area contributed by atoms with Crippen LogP contribution in [0.15, 0.2) is 40.9 Å². The van der Waals surface area contributed by atoms with Gasteiger partial charge in [-0.3, -0.25) is 0 Å². The Kier molecular flexibility index (Phi) is 4.45. The summed E-state index contributed by atoms with van der Waals surface area (Å²) in [6, 6.07) is 9.61. The molecule has 0 fully saturated rings. The summed E-state index contributed by atoms with van der Waals surface area (Å²) in [5.74, 6) is -0.236. The van der Waals surface area contributed by atoms with E-state index in [1.807, 2.05) is 6.07 Å². The van der Waals surface area contributed by atoms with Crippen LogP contribution in [0.5, 0.6) is 5.75 Å². The van der Waals surface area contributed by atoms with E-state index >= 15 is 0 Å². The molecule has 0 aliphatic rings. The van der Waals surface area contributed by atoms with Gasteiger partial charge in [-0.1, -0.05) is 33.6 Å². The first-order chi connectivity index (χ1) is 9.01. The zero-order chi connectivity index (χ0) is 14.0. The van der Waals surface area contributed by atoms with Crippen molar-refractivity contribution in [1.29, 1.82) is 0 Å². The van der Waals surface area contributed by atoms with Gasteiger partial charge in [-0.2, -0.15) is 0 Å². The van der Waals surface area contributed by atoms with Crippen LogP contribution in [0.3, 0.4) is 0 Å². The molecule has 2 nitrogen and oxygen atoms in total. The lowest BCUT2D eigenvalue weighted by molar-refractivity contribution is 0.386. The van der Waals surface area contributed by atoms with Gasteiger partial charge in [0, 0.05) is 9.50 Å². The topological polar surface area (TPSA) is 35.2 Å². The van der Waals surface area contributed by atoms with Crippen LogP contribution in [0.25, 0.3) is 0 Å². The third kappa shape index (κ3) is 3.26. The molecule has 1 unspecified atom stereocenters. The van der Waals surface area contributed by atoms with Crippen LogP contribution in [0.1, 0.15) is 17.2 Å². The maximum absolute atomic E-state index is 13.7. The number of ether oxygens (including phenoxy) is 1. The van der Waals surface area contributed by atoms with Gasteiger partial charge in [0.15, 0.2) is 11.6 Å². The number of hydrogen-bond donors (Lipinski definition) is 1. The van der Waals surface area contributed by atoms with Crippen LogP contribution in [0, 0.1) is 5.82 Å². The first kappa shape index (κ1) is 14.3. The van der Waals surface area contributed by atoms with Gasteiger partial charge < -0.3 is 10.5 Å². The zero-order valence-electron chi connectivity index (χ0n) is 10.2. The summed E-state index contributed by atoms with van der Waals surface area (Å²) in [5.41, 5.74) is 7.60. The molecule has 1 atom stereocenters. The molecule has 0 heterocycles. The van der Waals surface area contributed by atoms with Crippen molar-refractivity contribution in [3.05, 3.63) is 62.8 Å². The van der Waals surface area contributed by atoms with Crippen LogP contribution in [-0.4, -0.2) is 7.11 Å². The highest BCUT2D eigenvalue weighted by Crippen LogP contribution is 2.28. The van der Waals surface area contributed by atoms with E-state index in [0.29, 0.717) is 10.6 Å². The number of hydrogen-bond acceptors (Lipinski definition) is 2. The van der Waals surface area contributed by atoms with Gasteiger partial charge in [-0.25, -0.2) is 4.39 Å². The summed E-state index contributed by atoms with van der Waals surface area (Å²) in [5, 5.41) is 0.578. The monoisotopic (exact) mass is 343 g/mol. The quantitative estimate of drug-likeness (QED) is 0.901. The molecular weight excluding hydrogens is 333 g/mol. The molecule has 100 valence electrons. The standard InChI is InChI=1S/C14H12BrClFNO/c1-19-13-3-2-8(6-12(13)17)14(18)9-4-10(15)7-11(16)5-9/h2-7,14H,18H2,1H3. The minimum Gasteiger partial charge on any atom is -0.494 e. The number of methoxy groups -OCH3 is 1. The molecule has 2 aromatic rings. The van der Waals surface area contributed by atoms with Gasteiger partial charge in [0.25, 0.3) is 0 Å². The van der Waals surface area contributed by atoms with Gasteiger partial charge in [-0.15, -0.1) is 0 Å². The Labute approximate surface area is 124 Å². The molecule has 5 heteroatoms. The lowest BCUT2D eigenvalue weighted by atomic mass is 9.99. The second kappa shape index (κ2) is 5.90. The summed E-state index contributed by atoms with van der Waals surface area (Å²) in [4.78, 5) is 0. The molecule has 0 bridgehead atoms. The van der Waals surface area contributed by atoms with Crippen LogP contribution < -0.4 is 10.5 Å². The molecular formula is C14H12BrClFNO. The molecule has 0 aromatic heterocycles. The van der Waals surface area contributed by atoms with E-state index < -0.39 is 11.9 Å². The number of benzene rings is 2. The normalized spacial score (nSPS) is 12.3. The third-order valence-electron chi connectivity index (χ3n) is 2.78. The Morgan fingerprint density at radius 1 is 1.21 bits per heavy atom. The lowest BCUT2D eigenvalue weighted by Crippen LogP contribution is -2.12. The average molecular weight is 345 g/mol. The summed E-state index contributed by atoms with van der Waals surface area (Å²) >= 11 is 9.34. The van der Waals surface area contributed by atoms with Crippen molar-refractivity contribution in [2.45, 2.75) is 6.04 Å². The second-order valence-corrected chi connectivity index (χ2v) is 5.43. The maximum atomic E-state index is 13.7. The lowest BCUT2D eigenvalue weighted by Gasteiger charge is -2.14. The minimum absolute atomic E-state index is 0.197. The van der Waals surface area contributed by atoms with Crippen LogP contribution >= 0.6 is 27.5 Å². The SMILES string of the molecule is COc1ccc(C(N)c2cc(Cl)cc(Br)c2)cc1F. The molecule has 0 spiro atoms. The van der Waals surface area contributed by atoms with E-state index in [-0.39, 0.29) is 5.75 Å². The van der Waals surface area contributed by atoms with Crippen molar-refractivity contribution in [3.8, 4) is 5.75 Å². The molecule has 0 radical (unpaired) electrons. The summed E-state index contributed by atoms with van der Waals surface area (Å²) in [6.07, 6.45) is 0. The van der Waals surface area contributed by atoms with Crippen LogP contribution in [-0.2, 0) is 0 Å². The fraction of sp³-hybridized carbons (Fsp3) is 0.143. The highest BCUT2D eigenvalue weighted by Gasteiger charge is 2.13. The number of nitrogens with two attached hydrogens (primary N) is 1. The van der Waals surface area contributed by atoms with Crippen molar-refractivity contribution < 1.29 is 9.13 Å². The second-order valence-electron chi connectivity index (χ2n) is 4.07. The highest BCUT2D eigenvalue weighted by molar-refractivity contribution is 9.10. The van der Waals surface area contributed by atoms with Gasteiger partial charge in [0.1, 0.15) is 0 Å². The minimum atomic E-state index is -0.449. The summed E-state index contributed by atoms with van der Waals surface area (Å²) in [7, 11) is 1.42. The van der Waals surface area contributed by atoms with Crippen LogP contribution in [0.2, 0.25) is 5.02 Å². The highest BCUT2D eigenvalue weighted by atomic mass is 79.9. The predicted molar refractivity (Wildman–Crippen MR) is 78.1 cm³/mol. The Hall–Kier alpha value is -1.10. The first-order valence-electron chi connectivity index (χ1n) is 5.56. The van der Waals surface area contributed by atoms with Gasteiger partial charge in [-0.05, 0) is 41.5 Å². The molecule has 2 rings (SSSR count). The van der Waals surface area contributed by atoms with Crippen molar-refractivity contribution in [3.63, 3.8) is 0 Å². The molecule has 2 N–H and O–H groups in total. The van der Waals surface area contributed by atoms with Crippen molar-refractivity contribution in [2.24, 2.45) is 5.73 Å². The van der Waals surface area contributed by atoms with Gasteiger partial charge >= 0.3 is 0 Å². The van der Waals surface area contributed by atoms with Crippen LogP contribution in [0.4, 0.5) is 4.39 Å². The Morgan fingerprint density at radius 3 is 2.53 bits per heavy atom. The molecule has 0 saturated heterocycles. The van der Waals surface area contributed by atoms with Gasteiger partial charge in [0.2, 0.25) is 0 Å². The Balaban J connectivity index is 2.38. The van der Waals surface area contributed by atoms with E-state index in [4.69, 9.17) is 22.1 Å². The van der Waals surface area contributed by atoms with Crippen molar-refractivity contribution >= 4 is 27.5 Å². The van der Waals surface area contributed by atoms with Crippen molar-refractivity contribution in [2.75, 3.05) is 7.11 Å². The third-order valence-corrected chi connectivity index (χ3v) is 3.46. The van der Waals surface area contributed by atoms with E-state index in [1.165, 1.54) is 13.2 Å². The summed E-state index contributed by atoms with van der Waals surface area (Å²) < 4.78 is 19.4. The van der Waals surface area contributed by atoms with E-state index in [0.717, 1.165) is 10.0 Å². The van der Waals surface area contributed by atoms with E-state index in [9.17, 15) is 4.39 Å². The van der Waals surface area contributed by atoms with E-state index in [2.05, 4.69) is 15.9 Å². The number of halogens is 3. The number of rotatable bonds is 3. The molecule has 0 aliphatic heterocycles. The van der Waals surface area contributed by atoms with Crippen molar-refractivity contribution in [1.82, 2.24) is 0 Å². The molecule has 0 aliphatic carbocycles. The fourth-order valence-electron chi connectivity index (χ4n) is 1.82. The first-order valence-corrected chi connectivity index (χ1v) is 6.73. The van der Waals surface area contributed by atoms with E-state index in [1.54, 1.807) is 24.3 Å². The average Bonchev–Trinajstić information content (AvgIpc) is 2.36. The zero-order valence-corrected chi connectivity index (χ0v) is 12.5. The largest absolute Gasteiger partial charge is 0.494 e. The molecule has 0 amide bonds. The van der Waals surface area contributed by atoms with Gasteiger partial charge in [0.05, 0.1) is 13.2 Å². The Bertz CT molecular complexity index is 586. The predicted octanol–water partition coefficient (Wildman–Crippen LogP) is 4.30. The molecule has 2 aromatic carbocycles. The smallest absolute Gasteiger partial charge is 0.165 e. The fourth-order valence-corrected chi connectivity index (χ4v) is 2.71.